The number of halogens is 2. The molecule has 0 unspecified atom stereocenters. The molecule has 1 aromatic rings. The molecule has 3 N–H and O–H groups in total. The molecule has 1 aliphatic rings. The molecular formula is C16H21F2N3O3. The second kappa shape index (κ2) is 8.47. The third kappa shape index (κ3) is 5.36. The van der Waals surface area contributed by atoms with E-state index in [-0.39, 0.29) is 11.7 Å². The Morgan fingerprint density at radius 3 is 2.92 bits per heavy atom. The Morgan fingerprint density at radius 1 is 1.38 bits per heavy atom. The molecule has 3 amide bonds. The van der Waals surface area contributed by atoms with E-state index in [1.807, 2.05) is 0 Å². The first-order valence-electron chi connectivity index (χ1n) is 7.85. The van der Waals surface area contributed by atoms with E-state index in [1.54, 1.807) is 19.1 Å². The van der Waals surface area contributed by atoms with Crippen molar-refractivity contribution in [3.05, 3.63) is 29.8 Å². The maximum absolute atomic E-state index is 12.3. The van der Waals surface area contributed by atoms with Gasteiger partial charge in [0.1, 0.15) is 11.8 Å². The average Bonchev–Trinajstić information content (AvgIpc) is 2.72. The van der Waals surface area contributed by atoms with E-state index in [4.69, 9.17) is 0 Å². The lowest BCUT2D eigenvalue weighted by Gasteiger charge is -2.19. The fourth-order valence-electron chi connectivity index (χ4n) is 2.52. The Bertz CT molecular complexity index is 583. The minimum Gasteiger partial charge on any atom is -0.435 e. The molecule has 0 aliphatic carbocycles. The zero-order valence-electron chi connectivity index (χ0n) is 13.4. The van der Waals surface area contributed by atoms with Crippen LogP contribution in [-0.2, 0) is 4.79 Å². The number of hydrogen-bond acceptors (Lipinski definition) is 3. The minimum atomic E-state index is -2.90. The van der Waals surface area contributed by atoms with Gasteiger partial charge in [-0.15, -0.1) is 0 Å². The molecule has 0 spiro atoms. The van der Waals surface area contributed by atoms with Crippen molar-refractivity contribution in [1.29, 1.82) is 0 Å². The maximum atomic E-state index is 12.3. The van der Waals surface area contributed by atoms with E-state index >= 15 is 0 Å². The van der Waals surface area contributed by atoms with Crippen LogP contribution in [0.1, 0.15) is 37.8 Å². The van der Waals surface area contributed by atoms with Crippen LogP contribution in [0, 0.1) is 0 Å². The van der Waals surface area contributed by atoms with E-state index in [2.05, 4.69) is 20.7 Å². The zero-order chi connectivity index (χ0) is 17.5. The zero-order valence-corrected chi connectivity index (χ0v) is 13.4. The summed E-state index contributed by atoms with van der Waals surface area (Å²) in [6, 6.07) is 4.65. The highest BCUT2D eigenvalue weighted by Crippen LogP contribution is 2.20. The Hall–Kier alpha value is -2.38. The van der Waals surface area contributed by atoms with Crippen LogP contribution in [-0.4, -0.2) is 31.1 Å². The van der Waals surface area contributed by atoms with Gasteiger partial charge in [-0.25, -0.2) is 4.79 Å². The fourth-order valence-corrected chi connectivity index (χ4v) is 2.52. The monoisotopic (exact) mass is 341 g/mol. The summed E-state index contributed by atoms with van der Waals surface area (Å²) in [6.07, 6.45) is 2.33. The first-order valence-corrected chi connectivity index (χ1v) is 7.85. The van der Waals surface area contributed by atoms with Crippen molar-refractivity contribution < 1.29 is 23.1 Å². The van der Waals surface area contributed by atoms with Crippen molar-refractivity contribution in [2.24, 2.45) is 0 Å². The number of benzene rings is 1. The standard InChI is InChI=1S/C16H21F2N3O3/c1-10(11-5-4-6-12(9-11)24-15(17)18)20-16(23)21-13-7-2-3-8-19-14(13)22/h4-6,9-10,13,15H,2-3,7-8H2,1H3,(H,19,22)(H2,20,21,23)/t10-,13-/m1/s1. The van der Waals surface area contributed by atoms with Gasteiger partial charge in [-0.05, 0) is 43.9 Å². The maximum Gasteiger partial charge on any atom is 0.387 e. The van der Waals surface area contributed by atoms with Gasteiger partial charge in [0, 0.05) is 6.54 Å². The number of urea groups is 1. The molecule has 0 aromatic heterocycles. The Labute approximate surface area is 138 Å². The van der Waals surface area contributed by atoms with Crippen LogP contribution >= 0.6 is 0 Å². The summed E-state index contributed by atoms with van der Waals surface area (Å²) >= 11 is 0. The smallest absolute Gasteiger partial charge is 0.387 e. The molecule has 1 heterocycles. The number of hydrogen-bond donors (Lipinski definition) is 3. The number of carbonyl (C=O) groups is 2. The third-order valence-electron chi connectivity index (χ3n) is 3.77. The molecule has 8 heteroatoms. The summed E-state index contributed by atoms with van der Waals surface area (Å²) in [4.78, 5) is 23.9. The number of nitrogens with one attached hydrogen (secondary N) is 3. The van der Waals surface area contributed by atoms with Crippen LogP contribution in [0.2, 0.25) is 0 Å². The number of carbonyl (C=O) groups excluding carboxylic acids is 2. The van der Waals surface area contributed by atoms with Crippen LogP contribution in [0.3, 0.4) is 0 Å². The summed E-state index contributed by atoms with van der Waals surface area (Å²) < 4.78 is 28.9. The highest BCUT2D eigenvalue weighted by molar-refractivity contribution is 5.87. The lowest BCUT2D eigenvalue weighted by Crippen LogP contribution is -2.49. The van der Waals surface area contributed by atoms with Gasteiger partial charge in [-0.1, -0.05) is 12.1 Å². The van der Waals surface area contributed by atoms with Gasteiger partial charge in [0.05, 0.1) is 6.04 Å². The van der Waals surface area contributed by atoms with E-state index in [1.165, 1.54) is 12.1 Å². The average molecular weight is 341 g/mol. The quantitative estimate of drug-likeness (QED) is 0.769. The second-order valence-corrected chi connectivity index (χ2v) is 5.63. The van der Waals surface area contributed by atoms with Gasteiger partial charge >= 0.3 is 12.6 Å². The summed E-state index contributed by atoms with van der Waals surface area (Å²) in [5.41, 5.74) is 0.619. The van der Waals surface area contributed by atoms with Crippen molar-refractivity contribution >= 4 is 11.9 Å². The van der Waals surface area contributed by atoms with Crippen LogP contribution < -0.4 is 20.7 Å². The molecule has 1 fully saturated rings. The van der Waals surface area contributed by atoms with Gasteiger partial charge < -0.3 is 20.7 Å². The lowest BCUT2D eigenvalue weighted by molar-refractivity contribution is -0.122. The van der Waals surface area contributed by atoms with Crippen LogP contribution in [0.4, 0.5) is 13.6 Å². The number of alkyl halides is 2. The normalized spacial score (nSPS) is 19.2. The fraction of sp³-hybridized carbons (Fsp3) is 0.500. The molecule has 1 aromatic carbocycles. The van der Waals surface area contributed by atoms with Gasteiger partial charge in [-0.3, -0.25) is 4.79 Å². The lowest BCUT2D eigenvalue weighted by atomic mass is 10.1. The molecular weight excluding hydrogens is 320 g/mol. The SMILES string of the molecule is C[C@@H](NC(=O)N[C@@H]1CCCCNC1=O)c1cccc(OC(F)F)c1. The summed E-state index contributed by atoms with van der Waals surface area (Å²) in [7, 11) is 0. The Balaban J connectivity index is 1.92. The molecule has 1 saturated heterocycles. The summed E-state index contributed by atoms with van der Waals surface area (Å²) in [5.74, 6) is -0.165. The largest absolute Gasteiger partial charge is 0.435 e. The number of amides is 3. The molecule has 132 valence electrons. The van der Waals surface area contributed by atoms with Crippen molar-refractivity contribution in [3.8, 4) is 5.75 Å². The van der Waals surface area contributed by atoms with Crippen LogP contribution in [0.5, 0.6) is 5.75 Å². The topological polar surface area (TPSA) is 79.5 Å². The molecule has 2 rings (SSSR count). The third-order valence-corrected chi connectivity index (χ3v) is 3.77. The van der Waals surface area contributed by atoms with E-state index in [9.17, 15) is 18.4 Å². The first-order chi connectivity index (χ1) is 11.5. The van der Waals surface area contributed by atoms with Crippen molar-refractivity contribution in [2.75, 3.05) is 6.54 Å². The molecule has 24 heavy (non-hydrogen) atoms. The van der Waals surface area contributed by atoms with Crippen LogP contribution in [0.25, 0.3) is 0 Å². The summed E-state index contributed by atoms with van der Waals surface area (Å²) in [6.45, 7) is -0.569. The minimum absolute atomic E-state index is 0.0275. The molecule has 0 saturated carbocycles. The number of rotatable bonds is 5. The van der Waals surface area contributed by atoms with Gasteiger partial charge in [-0.2, -0.15) is 8.78 Å². The molecule has 1 aliphatic heterocycles. The van der Waals surface area contributed by atoms with Crippen molar-refractivity contribution in [1.82, 2.24) is 16.0 Å². The second-order valence-electron chi connectivity index (χ2n) is 5.63. The van der Waals surface area contributed by atoms with Gasteiger partial charge in [0.2, 0.25) is 5.91 Å². The van der Waals surface area contributed by atoms with Crippen molar-refractivity contribution in [2.45, 2.75) is 44.9 Å². The highest BCUT2D eigenvalue weighted by Gasteiger charge is 2.23. The Morgan fingerprint density at radius 2 is 2.17 bits per heavy atom. The molecule has 0 radical (unpaired) electrons. The summed E-state index contributed by atoms with van der Waals surface area (Å²) in [5, 5.41) is 8.08. The molecule has 2 atom stereocenters. The van der Waals surface area contributed by atoms with Gasteiger partial charge in [0.25, 0.3) is 0 Å². The molecule has 0 bridgehead atoms. The van der Waals surface area contributed by atoms with E-state index in [0.29, 0.717) is 18.5 Å². The highest BCUT2D eigenvalue weighted by atomic mass is 19.3. The van der Waals surface area contributed by atoms with Gasteiger partial charge in [0.15, 0.2) is 0 Å². The molecule has 6 nitrogen and oxygen atoms in total. The Kier molecular flexibility index (Phi) is 6.34. The van der Waals surface area contributed by atoms with E-state index in [0.717, 1.165) is 12.8 Å². The first kappa shape index (κ1) is 18.0. The van der Waals surface area contributed by atoms with E-state index < -0.39 is 24.7 Å². The van der Waals surface area contributed by atoms with Crippen LogP contribution in [0.15, 0.2) is 24.3 Å². The predicted molar refractivity (Wildman–Crippen MR) is 83.8 cm³/mol. The van der Waals surface area contributed by atoms with Crippen molar-refractivity contribution in [3.63, 3.8) is 0 Å². The predicted octanol–water partition coefficient (Wildman–Crippen LogP) is 2.32. The number of ether oxygens (including phenoxy) is 1.